The molecular weight excluding hydrogens is 244 g/mol. The summed E-state index contributed by atoms with van der Waals surface area (Å²) in [5, 5.41) is 11.0. The summed E-state index contributed by atoms with van der Waals surface area (Å²) in [6.07, 6.45) is 0.0875. The molecule has 98 valence electrons. The minimum Gasteiger partial charge on any atom is -0.487 e. The van der Waals surface area contributed by atoms with Gasteiger partial charge in [0.2, 0.25) is 5.91 Å². The Morgan fingerprint density at radius 1 is 1.53 bits per heavy atom. The first-order valence-corrected chi connectivity index (χ1v) is 5.94. The van der Waals surface area contributed by atoms with Crippen molar-refractivity contribution in [3.05, 3.63) is 23.8 Å². The van der Waals surface area contributed by atoms with E-state index in [1.165, 1.54) is 0 Å². The van der Waals surface area contributed by atoms with Gasteiger partial charge in [-0.25, -0.2) is 0 Å². The van der Waals surface area contributed by atoms with Crippen molar-refractivity contribution in [3.8, 4) is 11.8 Å². The van der Waals surface area contributed by atoms with Gasteiger partial charge in [0.15, 0.2) is 5.78 Å². The van der Waals surface area contributed by atoms with Gasteiger partial charge in [-0.2, -0.15) is 5.26 Å². The third-order valence-corrected chi connectivity index (χ3v) is 2.78. The smallest absolute Gasteiger partial charge is 0.238 e. The molecule has 0 atom stereocenters. The molecule has 0 saturated heterocycles. The average Bonchev–Trinajstić information content (AvgIpc) is 2.29. The number of Topliss-reactive ketones (excluding diaryl/α,β-unsaturated/α-hetero) is 1. The highest BCUT2D eigenvalue weighted by Crippen LogP contribution is 2.34. The van der Waals surface area contributed by atoms with Crippen molar-refractivity contribution in [1.82, 2.24) is 0 Å². The lowest BCUT2D eigenvalue weighted by Gasteiger charge is -2.31. The predicted molar refractivity (Wildman–Crippen MR) is 69.0 cm³/mol. The van der Waals surface area contributed by atoms with E-state index >= 15 is 0 Å². The van der Waals surface area contributed by atoms with Crippen molar-refractivity contribution in [2.45, 2.75) is 32.3 Å². The van der Waals surface area contributed by atoms with Gasteiger partial charge >= 0.3 is 0 Å². The fourth-order valence-corrected chi connectivity index (χ4v) is 2.01. The molecule has 1 aromatic carbocycles. The maximum Gasteiger partial charge on any atom is 0.238 e. The van der Waals surface area contributed by atoms with Crippen LogP contribution in [-0.2, 0) is 4.79 Å². The molecule has 0 radical (unpaired) electrons. The third kappa shape index (κ3) is 2.91. The maximum absolute atomic E-state index is 12.0. The number of anilines is 1. The second-order valence-corrected chi connectivity index (χ2v) is 5.06. The monoisotopic (exact) mass is 258 g/mol. The molecule has 19 heavy (non-hydrogen) atoms. The number of carbonyl (C=O) groups excluding carboxylic acids is 2. The molecule has 0 bridgehead atoms. The fraction of sp³-hybridized carbons (Fsp3) is 0.357. The van der Waals surface area contributed by atoms with E-state index in [1.807, 2.05) is 13.8 Å². The Morgan fingerprint density at radius 2 is 2.26 bits per heavy atom. The zero-order valence-corrected chi connectivity index (χ0v) is 10.8. The number of hydrogen-bond acceptors (Lipinski definition) is 4. The summed E-state index contributed by atoms with van der Waals surface area (Å²) in [5.41, 5.74) is 0.458. The molecule has 2 rings (SSSR count). The van der Waals surface area contributed by atoms with Crippen LogP contribution < -0.4 is 10.1 Å². The molecule has 1 aliphatic heterocycles. The van der Waals surface area contributed by atoms with Crippen LogP contribution in [0.5, 0.6) is 5.75 Å². The second-order valence-electron chi connectivity index (χ2n) is 5.06. The molecule has 0 spiro atoms. The van der Waals surface area contributed by atoms with Gasteiger partial charge in [0.25, 0.3) is 0 Å². The quantitative estimate of drug-likeness (QED) is 0.882. The first-order chi connectivity index (χ1) is 8.91. The van der Waals surface area contributed by atoms with Gasteiger partial charge in [-0.3, -0.25) is 9.59 Å². The maximum atomic E-state index is 12.0. The van der Waals surface area contributed by atoms with Gasteiger partial charge < -0.3 is 10.1 Å². The highest BCUT2D eigenvalue weighted by molar-refractivity contribution is 6.02. The topological polar surface area (TPSA) is 79.2 Å². The molecule has 0 aliphatic carbocycles. The van der Waals surface area contributed by atoms with E-state index in [4.69, 9.17) is 10.00 Å². The number of fused-ring (bicyclic) bond motifs is 1. The van der Waals surface area contributed by atoms with E-state index in [-0.39, 0.29) is 12.2 Å². The van der Waals surface area contributed by atoms with E-state index in [9.17, 15) is 9.59 Å². The van der Waals surface area contributed by atoms with Gasteiger partial charge in [0.1, 0.15) is 17.8 Å². The number of carbonyl (C=O) groups is 2. The van der Waals surface area contributed by atoms with E-state index in [0.29, 0.717) is 23.4 Å². The summed E-state index contributed by atoms with van der Waals surface area (Å²) in [6, 6.07) is 6.67. The Balaban J connectivity index is 2.25. The van der Waals surface area contributed by atoms with E-state index in [2.05, 4.69) is 5.32 Å². The molecule has 1 N–H and O–H groups in total. The number of benzene rings is 1. The number of ketones is 1. The van der Waals surface area contributed by atoms with E-state index < -0.39 is 11.5 Å². The Labute approximate surface area is 111 Å². The van der Waals surface area contributed by atoms with Crippen molar-refractivity contribution >= 4 is 17.4 Å². The second kappa shape index (κ2) is 4.73. The van der Waals surface area contributed by atoms with Gasteiger partial charge in [-0.1, -0.05) is 0 Å². The van der Waals surface area contributed by atoms with Gasteiger partial charge in [0.05, 0.1) is 18.1 Å². The van der Waals surface area contributed by atoms with Crippen LogP contribution in [0.15, 0.2) is 18.2 Å². The normalized spacial score (nSPS) is 15.9. The zero-order chi connectivity index (χ0) is 14.0. The average molecular weight is 258 g/mol. The van der Waals surface area contributed by atoms with Crippen LogP contribution in [0, 0.1) is 11.3 Å². The first kappa shape index (κ1) is 13.1. The van der Waals surface area contributed by atoms with Crippen LogP contribution >= 0.6 is 0 Å². The van der Waals surface area contributed by atoms with Crippen molar-refractivity contribution in [2.24, 2.45) is 0 Å². The highest BCUT2D eigenvalue weighted by Gasteiger charge is 2.32. The molecule has 5 nitrogen and oxygen atoms in total. The Hall–Kier alpha value is -2.35. The molecule has 5 heteroatoms. The van der Waals surface area contributed by atoms with Crippen LogP contribution in [0.1, 0.15) is 37.0 Å². The number of hydrogen-bond donors (Lipinski definition) is 1. The van der Waals surface area contributed by atoms with E-state index in [1.54, 1.807) is 24.3 Å². The molecule has 1 aliphatic rings. The summed E-state index contributed by atoms with van der Waals surface area (Å²) in [6.45, 7) is 3.72. The molecular formula is C14H14N2O3. The molecule has 0 aromatic heterocycles. The van der Waals surface area contributed by atoms with Gasteiger partial charge in [-0.05, 0) is 32.0 Å². The Morgan fingerprint density at radius 3 is 2.95 bits per heavy atom. The standard InChI is InChI=1S/C14H14N2O3/c1-14(2)8-11(17)10-7-9(3-4-12(10)19-14)16-13(18)5-6-15/h3-4,7H,5,8H2,1-2H3,(H,16,18). The summed E-state index contributed by atoms with van der Waals surface area (Å²) in [5.74, 6) is 0.120. The molecule has 1 amide bonds. The lowest BCUT2D eigenvalue weighted by molar-refractivity contribution is -0.115. The summed E-state index contributed by atoms with van der Waals surface area (Å²) in [7, 11) is 0. The number of rotatable bonds is 2. The SMILES string of the molecule is CC1(C)CC(=O)c2cc(NC(=O)CC#N)ccc2O1. The highest BCUT2D eigenvalue weighted by atomic mass is 16.5. The van der Waals surface area contributed by atoms with Crippen LogP contribution in [0.3, 0.4) is 0 Å². The lowest BCUT2D eigenvalue weighted by atomic mass is 9.93. The third-order valence-electron chi connectivity index (χ3n) is 2.78. The van der Waals surface area contributed by atoms with E-state index in [0.717, 1.165) is 0 Å². The minimum atomic E-state index is -0.504. The largest absolute Gasteiger partial charge is 0.487 e. The number of ether oxygens (including phenoxy) is 1. The molecule has 0 fully saturated rings. The molecule has 0 saturated carbocycles. The predicted octanol–water partition coefficient (Wildman–Crippen LogP) is 2.28. The van der Waals surface area contributed by atoms with Crippen molar-refractivity contribution in [1.29, 1.82) is 5.26 Å². The Kier molecular flexibility index (Phi) is 3.26. The number of nitrogens with zero attached hydrogens (tertiary/aromatic N) is 1. The summed E-state index contributed by atoms with van der Waals surface area (Å²) < 4.78 is 5.71. The Bertz CT molecular complexity index is 585. The minimum absolute atomic E-state index is 0.0115. The number of amides is 1. The van der Waals surface area contributed by atoms with Crippen LogP contribution in [0.2, 0.25) is 0 Å². The summed E-state index contributed by atoms with van der Waals surface area (Å²) in [4.78, 5) is 23.3. The number of nitriles is 1. The molecule has 1 aromatic rings. The summed E-state index contributed by atoms with van der Waals surface area (Å²) >= 11 is 0. The van der Waals surface area contributed by atoms with Gasteiger partial charge in [-0.15, -0.1) is 0 Å². The van der Waals surface area contributed by atoms with Crippen LogP contribution in [-0.4, -0.2) is 17.3 Å². The van der Waals surface area contributed by atoms with Crippen LogP contribution in [0.4, 0.5) is 5.69 Å². The first-order valence-electron chi connectivity index (χ1n) is 5.94. The van der Waals surface area contributed by atoms with Crippen molar-refractivity contribution < 1.29 is 14.3 Å². The molecule has 0 unspecified atom stereocenters. The zero-order valence-electron chi connectivity index (χ0n) is 10.8. The molecule has 1 heterocycles. The van der Waals surface area contributed by atoms with Gasteiger partial charge in [0, 0.05) is 5.69 Å². The van der Waals surface area contributed by atoms with Crippen LogP contribution in [0.25, 0.3) is 0 Å². The van der Waals surface area contributed by atoms with Crippen molar-refractivity contribution in [2.75, 3.05) is 5.32 Å². The fourth-order valence-electron chi connectivity index (χ4n) is 2.01. The van der Waals surface area contributed by atoms with Crippen molar-refractivity contribution in [3.63, 3.8) is 0 Å². The number of nitrogens with one attached hydrogen (secondary N) is 1. The lowest BCUT2D eigenvalue weighted by Crippen LogP contribution is -2.35.